The molecular formula is C23H28N2S. The van der Waals surface area contributed by atoms with Crippen molar-refractivity contribution in [2.75, 3.05) is 6.54 Å². The highest BCUT2D eigenvalue weighted by Gasteiger charge is 2.40. The van der Waals surface area contributed by atoms with Crippen LogP contribution in [0.1, 0.15) is 36.8 Å². The largest absolute Gasteiger partial charge is 0.360 e. The van der Waals surface area contributed by atoms with Crippen LogP contribution in [0.3, 0.4) is 0 Å². The number of hydrogen-bond donors (Lipinski definition) is 1. The Morgan fingerprint density at radius 1 is 0.923 bits per heavy atom. The van der Waals surface area contributed by atoms with Gasteiger partial charge in [-0.2, -0.15) is 0 Å². The minimum Gasteiger partial charge on any atom is -0.360 e. The summed E-state index contributed by atoms with van der Waals surface area (Å²) in [5, 5.41) is 4.66. The highest BCUT2D eigenvalue weighted by molar-refractivity contribution is 7.80. The molecule has 2 aromatic carbocycles. The summed E-state index contributed by atoms with van der Waals surface area (Å²) in [5.41, 5.74) is 2.69. The molecule has 3 atom stereocenters. The molecule has 0 radical (unpaired) electrons. The fraction of sp³-hybridized carbons (Fsp3) is 0.435. The third kappa shape index (κ3) is 4.27. The van der Waals surface area contributed by atoms with Crippen LogP contribution in [0.2, 0.25) is 0 Å². The third-order valence-electron chi connectivity index (χ3n) is 6.06. The summed E-state index contributed by atoms with van der Waals surface area (Å²) in [6, 6.07) is 22.0. The number of hydrogen-bond acceptors (Lipinski definition) is 1. The number of benzene rings is 2. The lowest BCUT2D eigenvalue weighted by Crippen LogP contribution is -2.46. The van der Waals surface area contributed by atoms with Gasteiger partial charge in [-0.25, -0.2) is 0 Å². The molecule has 136 valence electrons. The van der Waals surface area contributed by atoms with Crippen LogP contribution < -0.4 is 5.32 Å². The van der Waals surface area contributed by atoms with Crippen LogP contribution in [0, 0.1) is 11.8 Å². The van der Waals surface area contributed by atoms with Crippen LogP contribution in [0.5, 0.6) is 0 Å². The lowest BCUT2D eigenvalue weighted by molar-refractivity contribution is 0.356. The van der Waals surface area contributed by atoms with Crippen LogP contribution in [0.25, 0.3) is 0 Å². The molecule has 0 amide bonds. The number of rotatable bonds is 6. The van der Waals surface area contributed by atoms with Crippen molar-refractivity contribution in [1.29, 1.82) is 0 Å². The van der Waals surface area contributed by atoms with E-state index in [1.165, 1.54) is 36.8 Å². The van der Waals surface area contributed by atoms with Crippen molar-refractivity contribution < 1.29 is 0 Å². The molecule has 2 saturated carbocycles. The molecule has 0 aliphatic heterocycles. The number of nitrogens with one attached hydrogen (secondary N) is 1. The predicted molar refractivity (Wildman–Crippen MR) is 112 cm³/mol. The Bertz CT molecular complexity index is 716. The zero-order valence-electron chi connectivity index (χ0n) is 15.3. The second-order valence-corrected chi connectivity index (χ2v) is 8.26. The molecule has 3 heteroatoms. The van der Waals surface area contributed by atoms with E-state index in [-0.39, 0.29) is 0 Å². The average Bonchev–Trinajstić information content (AvgIpc) is 3.30. The van der Waals surface area contributed by atoms with Gasteiger partial charge in [0.25, 0.3) is 0 Å². The van der Waals surface area contributed by atoms with Crippen LogP contribution in [0.4, 0.5) is 0 Å². The minimum atomic E-state index is 0.594. The Morgan fingerprint density at radius 2 is 1.62 bits per heavy atom. The van der Waals surface area contributed by atoms with Crippen LogP contribution >= 0.6 is 12.2 Å². The van der Waals surface area contributed by atoms with E-state index < -0.39 is 0 Å². The Labute approximate surface area is 162 Å². The van der Waals surface area contributed by atoms with Crippen molar-refractivity contribution in [2.24, 2.45) is 11.8 Å². The zero-order valence-corrected chi connectivity index (χ0v) is 16.1. The molecule has 2 nitrogen and oxygen atoms in total. The van der Waals surface area contributed by atoms with E-state index in [0.29, 0.717) is 6.04 Å². The lowest BCUT2D eigenvalue weighted by atomic mass is 9.95. The minimum absolute atomic E-state index is 0.594. The first-order valence-corrected chi connectivity index (χ1v) is 10.3. The number of thiocarbonyl (C=S) groups is 1. The Kier molecular flexibility index (Phi) is 5.54. The van der Waals surface area contributed by atoms with Gasteiger partial charge in [0.05, 0.1) is 0 Å². The van der Waals surface area contributed by atoms with Crippen molar-refractivity contribution in [3.8, 4) is 0 Å². The molecule has 2 aliphatic rings. The maximum Gasteiger partial charge on any atom is 0.169 e. The highest BCUT2D eigenvalue weighted by atomic mass is 32.1. The van der Waals surface area contributed by atoms with Crippen molar-refractivity contribution in [3.63, 3.8) is 0 Å². The van der Waals surface area contributed by atoms with E-state index in [4.69, 9.17) is 12.2 Å². The zero-order chi connectivity index (χ0) is 17.8. The highest BCUT2D eigenvalue weighted by Crippen LogP contribution is 2.44. The molecule has 1 N–H and O–H groups in total. The van der Waals surface area contributed by atoms with E-state index in [2.05, 4.69) is 70.9 Å². The summed E-state index contributed by atoms with van der Waals surface area (Å²) in [6.45, 7) is 1.83. The maximum atomic E-state index is 5.86. The fourth-order valence-electron chi connectivity index (χ4n) is 4.64. The van der Waals surface area contributed by atoms with Gasteiger partial charge in [-0.1, -0.05) is 67.1 Å². The first kappa shape index (κ1) is 17.5. The summed E-state index contributed by atoms with van der Waals surface area (Å²) in [4.78, 5) is 2.35. The smallest absolute Gasteiger partial charge is 0.169 e. The normalized spacial score (nSPS) is 23.8. The summed E-state index contributed by atoms with van der Waals surface area (Å²) >= 11 is 5.86. The second-order valence-electron chi connectivity index (χ2n) is 7.87. The van der Waals surface area contributed by atoms with Gasteiger partial charge in [-0.3, -0.25) is 0 Å². The van der Waals surface area contributed by atoms with Gasteiger partial charge in [0, 0.05) is 19.1 Å². The SMILES string of the molecule is S=C(N[C@@H]1C[C@@H]2CC[C@@H]1C2)N(CCc1ccccc1)Cc1ccccc1. The summed E-state index contributed by atoms with van der Waals surface area (Å²) < 4.78 is 0. The monoisotopic (exact) mass is 364 g/mol. The summed E-state index contributed by atoms with van der Waals surface area (Å²) in [6.07, 6.45) is 6.54. The van der Waals surface area contributed by atoms with Crippen LogP contribution in [-0.2, 0) is 13.0 Å². The molecule has 0 aromatic heterocycles. The molecule has 4 rings (SSSR count). The molecule has 26 heavy (non-hydrogen) atoms. The molecule has 0 spiro atoms. The van der Waals surface area contributed by atoms with Gasteiger partial charge < -0.3 is 10.2 Å². The molecule has 2 aromatic rings. The third-order valence-corrected chi connectivity index (χ3v) is 6.44. The van der Waals surface area contributed by atoms with E-state index >= 15 is 0 Å². The Hall–Kier alpha value is -1.87. The summed E-state index contributed by atoms with van der Waals surface area (Å²) in [7, 11) is 0. The molecule has 2 bridgehead atoms. The van der Waals surface area contributed by atoms with Crippen LogP contribution in [-0.4, -0.2) is 22.6 Å². The van der Waals surface area contributed by atoms with E-state index in [9.17, 15) is 0 Å². The lowest BCUT2D eigenvalue weighted by Gasteiger charge is -2.31. The molecule has 0 saturated heterocycles. The standard InChI is InChI=1S/C23H28N2S/c26-23(24-22-16-20-11-12-21(22)15-20)25(17-19-9-5-2-6-10-19)14-13-18-7-3-1-4-8-18/h1-10,20-22H,11-17H2,(H,24,26)/t20-,21-,22-/m1/s1. The molecule has 0 unspecified atom stereocenters. The van der Waals surface area contributed by atoms with Crippen LogP contribution in [0.15, 0.2) is 60.7 Å². The fourth-order valence-corrected chi connectivity index (χ4v) is 4.94. The second kappa shape index (κ2) is 8.22. The van der Waals surface area contributed by atoms with Crippen molar-refractivity contribution in [3.05, 3.63) is 71.8 Å². The average molecular weight is 365 g/mol. The molecular weight excluding hydrogens is 336 g/mol. The summed E-state index contributed by atoms with van der Waals surface area (Å²) in [5.74, 6) is 1.78. The molecule has 0 heterocycles. The van der Waals surface area contributed by atoms with Crippen molar-refractivity contribution >= 4 is 17.3 Å². The van der Waals surface area contributed by atoms with E-state index in [1.54, 1.807) is 0 Å². The van der Waals surface area contributed by atoms with Crippen molar-refractivity contribution in [2.45, 2.75) is 44.7 Å². The van der Waals surface area contributed by atoms with Gasteiger partial charge >= 0.3 is 0 Å². The van der Waals surface area contributed by atoms with E-state index in [1.807, 2.05) is 0 Å². The Balaban J connectivity index is 1.41. The molecule has 2 fully saturated rings. The topological polar surface area (TPSA) is 15.3 Å². The quantitative estimate of drug-likeness (QED) is 0.742. The van der Waals surface area contributed by atoms with Gasteiger partial charge in [0.15, 0.2) is 5.11 Å². The van der Waals surface area contributed by atoms with E-state index in [0.717, 1.165) is 36.5 Å². The first-order valence-electron chi connectivity index (χ1n) is 9.91. The van der Waals surface area contributed by atoms with Crippen molar-refractivity contribution in [1.82, 2.24) is 10.2 Å². The first-order chi connectivity index (χ1) is 12.8. The van der Waals surface area contributed by atoms with Gasteiger partial charge in [0.1, 0.15) is 0 Å². The number of fused-ring (bicyclic) bond motifs is 2. The molecule has 2 aliphatic carbocycles. The maximum absolute atomic E-state index is 5.86. The predicted octanol–water partition coefficient (Wildman–Crippen LogP) is 4.79. The van der Waals surface area contributed by atoms with Gasteiger partial charge in [0.2, 0.25) is 0 Å². The van der Waals surface area contributed by atoms with Gasteiger partial charge in [-0.05, 0) is 60.9 Å². The van der Waals surface area contributed by atoms with Gasteiger partial charge in [-0.15, -0.1) is 0 Å². The Morgan fingerprint density at radius 3 is 2.23 bits per heavy atom. The number of nitrogens with zero attached hydrogens (tertiary/aromatic N) is 1.